The van der Waals surface area contributed by atoms with Gasteiger partial charge < -0.3 is 14.6 Å². The second kappa shape index (κ2) is 6.54. The molecule has 124 valence electrons. The number of nitrogens with zero attached hydrogens (tertiary/aromatic N) is 1. The van der Waals surface area contributed by atoms with Gasteiger partial charge >= 0.3 is 5.69 Å². The molecule has 2 rings (SSSR count). The van der Waals surface area contributed by atoms with Gasteiger partial charge in [-0.3, -0.25) is 14.3 Å². The monoisotopic (exact) mass is 330 g/mol. The first-order valence-electron chi connectivity index (χ1n) is 7.08. The van der Waals surface area contributed by atoms with Crippen LogP contribution in [-0.4, -0.2) is 65.9 Å². The van der Waals surface area contributed by atoms with Crippen molar-refractivity contribution in [1.82, 2.24) is 9.55 Å². The van der Waals surface area contributed by atoms with Gasteiger partial charge in [0.15, 0.2) is 6.23 Å². The molecule has 1 aliphatic heterocycles. The molecule has 0 saturated carbocycles. The Bertz CT molecular complexity index is 676. The van der Waals surface area contributed by atoms with E-state index in [1.807, 2.05) is 0 Å². The minimum atomic E-state index is -1.23. The average molecular weight is 330 g/mol. The third-order valence-corrected chi connectivity index (χ3v) is 5.20. The van der Waals surface area contributed by atoms with E-state index < -0.39 is 42.7 Å². The Labute approximate surface area is 128 Å². The van der Waals surface area contributed by atoms with Crippen LogP contribution < -0.4 is 11.2 Å². The lowest BCUT2D eigenvalue weighted by Gasteiger charge is -2.20. The molecule has 7 nitrogen and oxygen atoms in total. The molecule has 0 bridgehead atoms. The van der Waals surface area contributed by atoms with Crippen LogP contribution in [-0.2, 0) is 9.47 Å². The molecular formula is C14H23N2O5P. The second-order valence-electron chi connectivity index (χ2n) is 6.22. The molecule has 1 saturated heterocycles. The lowest BCUT2D eigenvalue weighted by Crippen LogP contribution is -2.38. The standard InChI is InChI=1S/C14H23N2O5P/c1-20-12-11(18)9(6-8-22(2,3)4)21-13(12)16-7-5-10(17)15-14(16)19/h5,7,9,11-13,18H,2,6,8H2,1,3-4H3,(H,15,17,19)/t9-,11-,12-,13-/m1/s1. The number of aliphatic hydroxyl groups is 1. The quantitative estimate of drug-likeness (QED) is 0.736. The van der Waals surface area contributed by atoms with Crippen LogP contribution >= 0.6 is 6.89 Å². The first kappa shape index (κ1) is 17.2. The fourth-order valence-electron chi connectivity index (χ4n) is 2.54. The van der Waals surface area contributed by atoms with Crippen LogP contribution in [0, 0.1) is 0 Å². The Kier molecular flexibility index (Phi) is 5.12. The fraction of sp³-hybridized carbons (Fsp3) is 0.643. The summed E-state index contributed by atoms with van der Waals surface area (Å²) >= 11 is 0. The summed E-state index contributed by atoms with van der Waals surface area (Å²) in [6.07, 6.45) is 4.34. The third kappa shape index (κ3) is 3.79. The Morgan fingerprint density at radius 1 is 1.50 bits per heavy atom. The normalized spacial score (nSPS) is 28.9. The van der Waals surface area contributed by atoms with E-state index in [1.54, 1.807) is 0 Å². The molecule has 0 radical (unpaired) electrons. The van der Waals surface area contributed by atoms with Gasteiger partial charge in [-0.2, -0.15) is 0 Å². The number of methoxy groups -OCH3 is 1. The number of aliphatic hydroxyl groups excluding tert-OH is 1. The molecule has 1 fully saturated rings. The van der Waals surface area contributed by atoms with E-state index in [1.165, 1.54) is 23.9 Å². The molecule has 0 amide bonds. The first-order valence-corrected chi connectivity index (χ1v) is 10.1. The molecule has 0 unspecified atom stereocenters. The maximum atomic E-state index is 11.9. The average Bonchev–Trinajstić information content (AvgIpc) is 2.72. The Morgan fingerprint density at radius 3 is 2.73 bits per heavy atom. The maximum absolute atomic E-state index is 11.9. The zero-order chi connectivity index (χ0) is 16.5. The van der Waals surface area contributed by atoms with Crippen LogP contribution in [0.3, 0.4) is 0 Å². The topological polar surface area (TPSA) is 93.6 Å². The van der Waals surface area contributed by atoms with Crippen LogP contribution in [0.25, 0.3) is 0 Å². The molecule has 1 aromatic heterocycles. The predicted molar refractivity (Wildman–Crippen MR) is 87.4 cm³/mol. The number of hydrogen-bond acceptors (Lipinski definition) is 5. The van der Waals surface area contributed by atoms with E-state index in [-0.39, 0.29) is 0 Å². The number of rotatable bonds is 5. The van der Waals surface area contributed by atoms with Crippen molar-refractivity contribution in [2.75, 3.05) is 26.6 Å². The summed E-state index contributed by atoms with van der Waals surface area (Å²) in [4.78, 5) is 25.2. The zero-order valence-electron chi connectivity index (χ0n) is 13.1. The molecule has 2 heterocycles. The summed E-state index contributed by atoms with van der Waals surface area (Å²) in [7, 11) is 1.46. The van der Waals surface area contributed by atoms with Gasteiger partial charge in [-0.1, -0.05) is 0 Å². The van der Waals surface area contributed by atoms with Crippen LogP contribution in [0.1, 0.15) is 12.6 Å². The summed E-state index contributed by atoms with van der Waals surface area (Å²) in [5.74, 6) is 0. The van der Waals surface area contributed by atoms with E-state index in [0.717, 1.165) is 6.16 Å². The lowest BCUT2D eigenvalue weighted by molar-refractivity contribution is -0.0541. The molecule has 2 N–H and O–H groups in total. The van der Waals surface area contributed by atoms with Gasteiger partial charge in [0.2, 0.25) is 0 Å². The number of aromatic amines is 1. The number of hydrogen-bond donors (Lipinski definition) is 2. The van der Waals surface area contributed by atoms with Crippen molar-refractivity contribution >= 4 is 13.2 Å². The van der Waals surface area contributed by atoms with Gasteiger partial charge in [0.25, 0.3) is 5.56 Å². The number of aromatic nitrogens is 2. The summed E-state index contributed by atoms with van der Waals surface area (Å²) in [6.45, 7) is 3.01. The summed E-state index contributed by atoms with van der Waals surface area (Å²) in [5.41, 5.74) is -1.06. The number of ether oxygens (including phenoxy) is 2. The smallest absolute Gasteiger partial charge is 0.330 e. The predicted octanol–water partition coefficient (Wildman–Crippen LogP) is -0.0908. The van der Waals surface area contributed by atoms with E-state index in [0.29, 0.717) is 6.42 Å². The highest BCUT2D eigenvalue weighted by molar-refractivity contribution is 7.72. The van der Waals surface area contributed by atoms with Crippen molar-refractivity contribution in [3.05, 3.63) is 33.1 Å². The number of H-pyrrole nitrogens is 1. The number of nitrogens with one attached hydrogen (secondary N) is 1. The highest BCUT2D eigenvalue weighted by Gasteiger charge is 2.45. The Balaban J connectivity index is 2.23. The van der Waals surface area contributed by atoms with Crippen molar-refractivity contribution in [3.63, 3.8) is 0 Å². The Morgan fingerprint density at radius 2 is 2.18 bits per heavy atom. The Hall–Kier alpha value is -1.14. The third-order valence-electron chi connectivity index (χ3n) is 3.73. The van der Waals surface area contributed by atoms with Gasteiger partial charge in [-0.15, -0.1) is 13.2 Å². The van der Waals surface area contributed by atoms with Gasteiger partial charge in [0, 0.05) is 19.4 Å². The van der Waals surface area contributed by atoms with Crippen LogP contribution in [0.15, 0.2) is 21.9 Å². The van der Waals surface area contributed by atoms with Crippen LogP contribution in [0.5, 0.6) is 0 Å². The highest BCUT2D eigenvalue weighted by atomic mass is 31.2. The molecule has 0 aromatic carbocycles. The van der Waals surface area contributed by atoms with Gasteiger partial charge in [0.05, 0.1) is 6.10 Å². The zero-order valence-corrected chi connectivity index (χ0v) is 14.0. The molecule has 0 spiro atoms. The molecule has 0 aliphatic carbocycles. The minimum Gasteiger partial charge on any atom is -0.388 e. The van der Waals surface area contributed by atoms with Crippen molar-refractivity contribution in [3.8, 4) is 0 Å². The van der Waals surface area contributed by atoms with Gasteiger partial charge in [-0.25, -0.2) is 4.79 Å². The fourth-order valence-corrected chi connectivity index (χ4v) is 3.49. The second-order valence-corrected chi connectivity index (χ2v) is 10.5. The van der Waals surface area contributed by atoms with E-state index >= 15 is 0 Å². The molecule has 8 heteroatoms. The van der Waals surface area contributed by atoms with Gasteiger partial charge in [-0.05, 0) is 25.9 Å². The minimum absolute atomic E-state index is 0.421. The maximum Gasteiger partial charge on any atom is 0.330 e. The van der Waals surface area contributed by atoms with Crippen molar-refractivity contribution < 1.29 is 14.6 Å². The van der Waals surface area contributed by atoms with Crippen molar-refractivity contribution in [1.29, 1.82) is 0 Å². The summed E-state index contributed by atoms with van der Waals surface area (Å²) < 4.78 is 12.4. The molecule has 22 heavy (non-hydrogen) atoms. The largest absolute Gasteiger partial charge is 0.388 e. The van der Waals surface area contributed by atoms with E-state index in [9.17, 15) is 14.7 Å². The lowest BCUT2D eigenvalue weighted by atomic mass is 10.1. The molecule has 1 aromatic rings. The van der Waals surface area contributed by atoms with E-state index in [4.69, 9.17) is 9.47 Å². The highest BCUT2D eigenvalue weighted by Crippen LogP contribution is 2.39. The molecule has 1 aliphatic rings. The van der Waals surface area contributed by atoms with E-state index in [2.05, 4.69) is 24.6 Å². The summed E-state index contributed by atoms with van der Waals surface area (Å²) in [6, 6.07) is 1.24. The summed E-state index contributed by atoms with van der Waals surface area (Å²) in [5, 5.41) is 10.4. The molecular weight excluding hydrogens is 307 g/mol. The van der Waals surface area contributed by atoms with Crippen LogP contribution in [0.4, 0.5) is 0 Å². The van der Waals surface area contributed by atoms with Crippen molar-refractivity contribution in [2.24, 2.45) is 0 Å². The SMILES string of the molecule is C=P(C)(C)CC[C@H]1O[C@@H](n2ccc(=O)[nH]c2=O)[C@H](OC)[C@@H]1O. The van der Waals surface area contributed by atoms with Crippen LogP contribution in [0.2, 0.25) is 0 Å². The van der Waals surface area contributed by atoms with Crippen molar-refractivity contribution in [2.45, 2.75) is 31.0 Å². The first-order chi connectivity index (χ1) is 10.2. The molecule has 4 atom stereocenters. The van der Waals surface area contributed by atoms with Gasteiger partial charge in [0.1, 0.15) is 12.2 Å².